The Labute approximate surface area is 93.3 Å². The van der Waals surface area contributed by atoms with Gasteiger partial charge in [0.05, 0.1) is 5.52 Å². The van der Waals surface area contributed by atoms with Crippen molar-refractivity contribution in [2.75, 3.05) is 18.4 Å². The summed E-state index contributed by atoms with van der Waals surface area (Å²) in [7, 11) is 0. The Morgan fingerprint density at radius 1 is 1.19 bits per heavy atom. The van der Waals surface area contributed by atoms with E-state index in [0.717, 1.165) is 30.5 Å². The SMILES string of the molecule is c1ccc2nc(NC3CCNC3)nnc2c1. The molecule has 5 heteroatoms. The number of rotatable bonds is 2. The predicted molar refractivity (Wildman–Crippen MR) is 62.2 cm³/mol. The summed E-state index contributed by atoms with van der Waals surface area (Å²) in [4.78, 5) is 4.43. The first-order valence-electron chi connectivity index (χ1n) is 5.48. The van der Waals surface area contributed by atoms with E-state index in [1.54, 1.807) is 0 Å². The average molecular weight is 215 g/mol. The molecule has 0 radical (unpaired) electrons. The molecule has 1 saturated heterocycles. The van der Waals surface area contributed by atoms with Gasteiger partial charge >= 0.3 is 0 Å². The second kappa shape index (κ2) is 4.02. The van der Waals surface area contributed by atoms with Crippen LogP contribution in [-0.2, 0) is 0 Å². The van der Waals surface area contributed by atoms with Gasteiger partial charge in [-0.05, 0) is 25.1 Å². The van der Waals surface area contributed by atoms with Crippen LogP contribution in [-0.4, -0.2) is 34.3 Å². The fourth-order valence-corrected chi connectivity index (χ4v) is 1.90. The molecule has 0 aliphatic carbocycles. The molecule has 2 N–H and O–H groups in total. The second-order valence-electron chi connectivity index (χ2n) is 3.96. The lowest BCUT2D eigenvalue weighted by Crippen LogP contribution is -2.23. The van der Waals surface area contributed by atoms with E-state index in [0.29, 0.717) is 12.0 Å². The highest BCUT2D eigenvalue weighted by Gasteiger charge is 2.15. The molecule has 16 heavy (non-hydrogen) atoms. The first kappa shape index (κ1) is 9.47. The van der Waals surface area contributed by atoms with Gasteiger partial charge in [-0.3, -0.25) is 0 Å². The molecule has 1 aliphatic heterocycles. The summed E-state index contributed by atoms with van der Waals surface area (Å²) in [6.45, 7) is 2.02. The maximum Gasteiger partial charge on any atom is 0.243 e. The first-order valence-corrected chi connectivity index (χ1v) is 5.48. The van der Waals surface area contributed by atoms with Gasteiger partial charge in [0, 0.05) is 12.6 Å². The number of anilines is 1. The molecule has 0 spiro atoms. The Hall–Kier alpha value is -1.75. The van der Waals surface area contributed by atoms with Crippen LogP contribution in [0.4, 0.5) is 5.95 Å². The molecule has 1 aromatic heterocycles. The number of para-hydroxylation sites is 1. The molecule has 0 saturated carbocycles. The minimum Gasteiger partial charge on any atom is -0.349 e. The zero-order chi connectivity index (χ0) is 10.8. The molecule has 2 aromatic rings. The third-order valence-electron chi connectivity index (χ3n) is 2.75. The van der Waals surface area contributed by atoms with Crippen LogP contribution < -0.4 is 10.6 Å². The Balaban J connectivity index is 1.86. The number of nitrogens with zero attached hydrogens (tertiary/aromatic N) is 3. The minimum absolute atomic E-state index is 0.419. The molecule has 5 nitrogen and oxygen atoms in total. The second-order valence-corrected chi connectivity index (χ2v) is 3.96. The molecule has 0 amide bonds. The summed E-state index contributed by atoms with van der Waals surface area (Å²) >= 11 is 0. The van der Waals surface area contributed by atoms with Crippen molar-refractivity contribution in [1.82, 2.24) is 20.5 Å². The van der Waals surface area contributed by atoms with Crippen LogP contribution in [0.2, 0.25) is 0 Å². The van der Waals surface area contributed by atoms with Crippen molar-refractivity contribution in [3.8, 4) is 0 Å². The highest BCUT2D eigenvalue weighted by Crippen LogP contribution is 2.10. The minimum atomic E-state index is 0.419. The van der Waals surface area contributed by atoms with Crippen LogP contribution in [0, 0.1) is 0 Å². The molecule has 1 aliphatic rings. The monoisotopic (exact) mass is 215 g/mol. The summed E-state index contributed by atoms with van der Waals surface area (Å²) in [6.07, 6.45) is 1.11. The van der Waals surface area contributed by atoms with Crippen LogP contribution >= 0.6 is 0 Å². The standard InChI is InChI=1S/C11H13N5/c1-2-4-10-9(3-1)14-11(16-15-10)13-8-5-6-12-7-8/h1-4,8,12H,5-7H2,(H,13,14,16). The molecule has 1 fully saturated rings. The molecule has 1 atom stereocenters. The van der Waals surface area contributed by atoms with Crippen molar-refractivity contribution < 1.29 is 0 Å². The smallest absolute Gasteiger partial charge is 0.243 e. The number of fused-ring (bicyclic) bond motifs is 1. The molecule has 2 heterocycles. The summed E-state index contributed by atoms with van der Waals surface area (Å²) in [5.41, 5.74) is 1.71. The maximum absolute atomic E-state index is 4.43. The molecule has 1 aromatic carbocycles. The van der Waals surface area contributed by atoms with Crippen molar-refractivity contribution in [2.45, 2.75) is 12.5 Å². The van der Waals surface area contributed by atoms with E-state index in [4.69, 9.17) is 0 Å². The van der Waals surface area contributed by atoms with Crippen LogP contribution in [0.3, 0.4) is 0 Å². The summed E-state index contributed by atoms with van der Waals surface area (Å²) in [5, 5.41) is 14.8. The summed E-state index contributed by atoms with van der Waals surface area (Å²) < 4.78 is 0. The number of aromatic nitrogens is 3. The predicted octanol–water partition coefficient (Wildman–Crippen LogP) is 0.799. The summed E-state index contributed by atoms with van der Waals surface area (Å²) in [6, 6.07) is 8.17. The van der Waals surface area contributed by atoms with E-state index in [1.807, 2.05) is 24.3 Å². The van der Waals surface area contributed by atoms with Gasteiger partial charge in [-0.1, -0.05) is 12.1 Å². The molecule has 0 bridgehead atoms. The lowest BCUT2D eigenvalue weighted by atomic mass is 10.3. The number of nitrogens with one attached hydrogen (secondary N) is 2. The van der Waals surface area contributed by atoms with Crippen LogP contribution in [0.1, 0.15) is 6.42 Å². The zero-order valence-electron chi connectivity index (χ0n) is 8.85. The normalized spacial score (nSPS) is 20.1. The molecular weight excluding hydrogens is 202 g/mol. The van der Waals surface area contributed by atoms with E-state index >= 15 is 0 Å². The Morgan fingerprint density at radius 3 is 2.88 bits per heavy atom. The molecule has 1 unspecified atom stereocenters. The zero-order valence-corrected chi connectivity index (χ0v) is 8.85. The topological polar surface area (TPSA) is 62.7 Å². The van der Waals surface area contributed by atoms with E-state index < -0.39 is 0 Å². The Kier molecular flexibility index (Phi) is 2.38. The first-order chi connectivity index (χ1) is 7.92. The van der Waals surface area contributed by atoms with E-state index in [9.17, 15) is 0 Å². The molecule has 3 rings (SSSR count). The third kappa shape index (κ3) is 1.81. The largest absolute Gasteiger partial charge is 0.349 e. The average Bonchev–Trinajstić information content (AvgIpc) is 2.82. The van der Waals surface area contributed by atoms with Crippen LogP contribution in [0.15, 0.2) is 24.3 Å². The number of hydrogen-bond acceptors (Lipinski definition) is 5. The lowest BCUT2D eigenvalue weighted by molar-refractivity contribution is 0.776. The van der Waals surface area contributed by atoms with Gasteiger partial charge in [0.25, 0.3) is 0 Å². The quantitative estimate of drug-likeness (QED) is 0.775. The Morgan fingerprint density at radius 2 is 2.06 bits per heavy atom. The van der Waals surface area contributed by atoms with Crippen molar-refractivity contribution in [1.29, 1.82) is 0 Å². The van der Waals surface area contributed by atoms with E-state index in [1.165, 1.54) is 0 Å². The van der Waals surface area contributed by atoms with Crippen molar-refractivity contribution >= 4 is 17.0 Å². The third-order valence-corrected chi connectivity index (χ3v) is 2.75. The summed E-state index contributed by atoms with van der Waals surface area (Å²) in [5.74, 6) is 0.618. The fourth-order valence-electron chi connectivity index (χ4n) is 1.90. The van der Waals surface area contributed by atoms with Crippen molar-refractivity contribution in [3.05, 3.63) is 24.3 Å². The van der Waals surface area contributed by atoms with Gasteiger partial charge in [-0.15, -0.1) is 10.2 Å². The van der Waals surface area contributed by atoms with Gasteiger partial charge in [-0.25, -0.2) is 4.98 Å². The van der Waals surface area contributed by atoms with E-state index in [-0.39, 0.29) is 0 Å². The van der Waals surface area contributed by atoms with Crippen molar-refractivity contribution in [2.24, 2.45) is 0 Å². The Bertz CT molecular complexity index is 492. The van der Waals surface area contributed by atoms with Gasteiger partial charge in [-0.2, -0.15) is 0 Å². The molecular formula is C11H13N5. The van der Waals surface area contributed by atoms with Gasteiger partial charge in [0.15, 0.2) is 0 Å². The highest BCUT2D eigenvalue weighted by molar-refractivity contribution is 5.74. The van der Waals surface area contributed by atoms with Crippen molar-refractivity contribution in [3.63, 3.8) is 0 Å². The number of benzene rings is 1. The fraction of sp³-hybridized carbons (Fsp3) is 0.364. The van der Waals surface area contributed by atoms with E-state index in [2.05, 4.69) is 25.8 Å². The van der Waals surface area contributed by atoms with Crippen LogP contribution in [0.25, 0.3) is 11.0 Å². The lowest BCUT2D eigenvalue weighted by Gasteiger charge is -2.10. The van der Waals surface area contributed by atoms with Gasteiger partial charge < -0.3 is 10.6 Å². The maximum atomic E-state index is 4.43. The van der Waals surface area contributed by atoms with Crippen LogP contribution in [0.5, 0.6) is 0 Å². The van der Waals surface area contributed by atoms with Gasteiger partial charge in [0.2, 0.25) is 5.95 Å². The van der Waals surface area contributed by atoms with Gasteiger partial charge in [0.1, 0.15) is 5.52 Å². The highest BCUT2D eigenvalue weighted by atomic mass is 15.2. The molecule has 82 valence electrons. The number of hydrogen-bond donors (Lipinski definition) is 2.